The van der Waals surface area contributed by atoms with Gasteiger partial charge in [0.25, 0.3) is 0 Å². The maximum atomic E-state index is 6.59. The van der Waals surface area contributed by atoms with Crippen LogP contribution < -0.4 is 0 Å². The van der Waals surface area contributed by atoms with Crippen molar-refractivity contribution in [1.29, 1.82) is 0 Å². The van der Waals surface area contributed by atoms with Crippen LogP contribution in [0.5, 0.6) is 0 Å². The summed E-state index contributed by atoms with van der Waals surface area (Å²) in [6.45, 7) is 0. The van der Waals surface area contributed by atoms with Crippen molar-refractivity contribution < 1.29 is 8.83 Å². The zero-order chi connectivity index (χ0) is 41.0. The third-order valence-corrected chi connectivity index (χ3v) is 11.4. The Hall–Kier alpha value is -8.55. The minimum Gasteiger partial charge on any atom is -0.456 e. The molecule has 7 heteroatoms. The maximum absolute atomic E-state index is 6.59. The molecule has 62 heavy (non-hydrogen) atoms. The minimum atomic E-state index is 0.534. The van der Waals surface area contributed by atoms with E-state index in [0.717, 1.165) is 94.1 Å². The summed E-state index contributed by atoms with van der Waals surface area (Å²) < 4.78 is 13.1. The molecule has 0 aliphatic heterocycles. The highest BCUT2D eigenvalue weighted by molar-refractivity contribution is 6.18. The highest BCUT2D eigenvalue weighted by Gasteiger charge is 2.23. The van der Waals surface area contributed by atoms with E-state index >= 15 is 0 Å². The second-order valence-corrected chi connectivity index (χ2v) is 15.2. The van der Waals surface area contributed by atoms with E-state index < -0.39 is 0 Å². The zero-order valence-electron chi connectivity index (χ0n) is 33.1. The van der Waals surface area contributed by atoms with Gasteiger partial charge in [-0.25, -0.2) is 19.9 Å². The Morgan fingerprint density at radius 2 is 0.758 bits per heavy atom. The molecular weight excluding hydrogens is 763 g/mol. The summed E-state index contributed by atoms with van der Waals surface area (Å²) in [5, 5.41) is 3.67. The molecule has 0 atom stereocenters. The lowest BCUT2D eigenvalue weighted by Crippen LogP contribution is -2.00. The topological polar surface area (TPSA) is 90.7 Å². The van der Waals surface area contributed by atoms with Gasteiger partial charge in [0.2, 0.25) is 5.71 Å². The van der Waals surface area contributed by atoms with E-state index in [1.54, 1.807) is 0 Å². The molecule has 4 heterocycles. The van der Waals surface area contributed by atoms with Crippen LogP contribution in [0, 0.1) is 0 Å². The van der Waals surface area contributed by atoms with Gasteiger partial charge >= 0.3 is 0 Å². The quantitative estimate of drug-likeness (QED) is 0.159. The van der Waals surface area contributed by atoms with Gasteiger partial charge in [0.05, 0.1) is 11.1 Å². The van der Waals surface area contributed by atoms with Crippen molar-refractivity contribution in [3.05, 3.63) is 200 Å². The summed E-state index contributed by atoms with van der Waals surface area (Å²) in [5.74, 6) is 2.34. The number of benzene rings is 8. The molecule has 0 saturated carbocycles. The van der Waals surface area contributed by atoms with E-state index in [1.807, 2.05) is 115 Å². The van der Waals surface area contributed by atoms with Crippen LogP contribution in [0.4, 0.5) is 0 Å². The van der Waals surface area contributed by atoms with Crippen LogP contribution in [0.3, 0.4) is 0 Å². The summed E-state index contributed by atoms with van der Waals surface area (Å²) in [5.41, 5.74) is 12.4. The largest absolute Gasteiger partial charge is 0.456 e. The molecule has 0 radical (unpaired) electrons. The predicted molar refractivity (Wildman–Crippen MR) is 248 cm³/mol. The third kappa shape index (κ3) is 6.11. The average Bonchev–Trinajstić information content (AvgIpc) is 3.93. The second-order valence-electron chi connectivity index (χ2n) is 15.2. The Balaban J connectivity index is 1.04. The number of furan rings is 2. The Morgan fingerprint density at radius 1 is 0.274 bits per heavy atom. The summed E-state index contributed by atoms with van der Waals surface area (Å²) in [4.78, 5) is 25.5. The Bertz CT molecular complexity index is 3610. The highest BCUT2D eigenvalue weighted by atomic mass is 16.3. The number of fused-ring (bicyclic) bond motifs is 6. The van der Waals surface area contributed by atoms with Gasteiger partial charge in [-0.2, -0.15) is 4.98 Å². The Kier molecular flexibility index (Phi) is 8.35. The lowest BCUT2D eigenvalue weighted by molar-refractivity contribution is 0.653. The van der Waals surface area contributed by atoms with Gasteiger partial charge in [-0.05, 0) is 46.5 Å². The van der Waals surface area contributed by atoms with E-state index in [0.29, 0.717) is 29.0 Å². The predicted octanol–water partition coefficient (Wildman–Crippen LogP) is 14.1. The van der Waals surface area contributed by atoms with Crippen molar-refractivity contribution in [2.24, 2.45) is 0 Å². The number of hydrogen-bond acceptors (Lipinski definition) is 7. The number of hydrogen-bond donors (Lipinski definition) is 0. The van der Waals surface area contributed by atoms with Crippen LogP contribution in [-0.4, -0.2) is 24.9 Å². The molecule has 7 nitrogen and oxygen atoms in total. The van der Waals surface area contributed by atoms with Gasteiger partial charge in [0.1, 0.15) is 16.7 Å². The smallest absolute Gasteiger partial charge is 0.231 e. The molecule has 0 amide bonds. The van der Waals surface area contributed by atoms with Crippen LogP contribution in [-0.2, 0) is 0 Å². The fourth-order valence-electron chi connectivity index (χ4n) is 8.44. The van der Waals surface area contributed by atoms with E-state index in [9.17, 15) is 0 Å². The van der Waals surface area contributed by atoms with Crippen LogP contribution in [0.2, 0.25) is 0 Å². The molecule has 0 bridgehead atoms. The summed E-state index contributed by atoms with van der Waals surface area (Å²) in [6.07, 6.45) is 0. The zero-order valence-corrected chi connectivity index (χ0v) is 33.1. The van der Waals surface area contributed by atoms with Gasteiger partial charge < -0.3 is 8.83 Å². The molecule has 0 fully saturated rings. The monoisotopic (exact) mass is 795 g/mol. The lowest BCUT2D eigenvalue weighted by atomic mass is 9.96. The molecule has 0 aliphatic carbocycles. The van der Waals surface area contributed by atoms with Gasteiger partial charge in [0, 0.05) is 44.0 Å². The van der Waals surface area contributed by atoms with Crippen molar-refractivity contribution in [3.8, 4) is 79.1 Å². The highest BCUT2D eigenvalue weighted by Crippen LogP contribution is 2.43. The van der Waals surface area contributed by atoms with Crippen molar-refractivity contribution in [1.82, 2.24) is 24.9 Å². The van der Waals surface area contributed by atoms with Crippen LogP contribution in [0.25, 0.3) is 123 Å². The van der Waals surface area contributed by atoms with Crippen LogP contribution in [0.1, 0.15) is 0 Å². The van der Waals surface area contributed by atoms with E-state index in [-0.39, 0.29) is 0 Å². The molecule has 0 aliphatic rings. The minimum absolute atomic E-state index is 0.534. The first-order valence-electron chi connectivity index (χ1n) is 20.5. The molecule has 0 N–H and O–H groups in total. The SMILES string of the molecule is c1ccc(-c2ccc(-c3nc(-c4ccccc4)nc(-c4cccc5oc6ccc(-c7cccc8oc9nc(-c%10ccccc%10)nc(-c%10ccccc%10)c9c78)cc6c45)n3)cc2)cc1. The maximum Gasteiger partial charge on any atom is 0.231 e. The molecule has 4 aromatic heterocycles. The normalized spacial score (nSPS) is 11.5. The number of nitrogens with zero attached hydrogens (tertiary/aromatic N) is 5. The molecule has 12 rings (SSSR count). The molecule has 8 aromatic carbocycles. The summed E-state index contributed by atoms with van der Waals surface area (Å²) in [6, 6.07) is 67.6. The first kappa shape index (κ1) is 35.4. The second kappa shape index (κ2) is 14.6. The Labute approximate surface area is 355 Å². The molecular formula is C55H33N5O2. The lowest BCUT2D eigenvalue weighted by Gasteiger charge is -2.10. The fraction of sp³-hybridized carbons (Fsp3) is 0. The van der Waals surface area contributed by atoms with Crippen molar-refractivity contribution in [3.63, 3.8) is 0 Å². The molecule has 290 valence electrons. The van der Waals surface area contributed by atoms with E-state index in [4.69, 9.17) is 33.8 Å². The number of aromatic nitrogens is 5. The van der Waals surface area contributed by atoms with E-state index in [2.05, 4.69) is 84.9 Å². The van der Waals surface area contributed by atoms with Crippen LogP contribution >= 0.6 is 0 Å². The van der Waals surface area contributed by atoms with Gasteiger partial charge in [-0.1, -0.05) is 176 Å². The van der Waals surface area contributed by atoms with Gasteiger partial charge in [-0.3, -0.25) is 0 Å². The van der Waals surface area contributed by atoms with Crippen molar-refractivity contribution in [2.45, 2.75) is 0 Å². The van der Waals surface area contributed by atoms with Crippen LogP contribution in [0.15, 0.2) is 209 Å². The molecule has 12 aromatic rings. The summed E-state index contributed by atoms with van der Waals surface area (Å²) in [7, 11) is 0. The number of rotatable bonds is 7. The Morgan fingerprint density at radius 3 is 1.40 bits per heavy atom. The average molecular weight is 796 g/mol. The van der Waals surface area contributed by atoms with Crippen molar-refractivity contribution in [2.75, 3.05) is 0 Å². The fourth-order valence-corrected chi connectivity index (χ4v) is 8.44. The first-order chi connectivity index (χ1) is 30.7. The van der Waals surface area contributed by atoms with Gasteiger partial charge in [0.15, 0.2) is 23.3 Å². The first-order valence-corrected chi connectivity index (χ1v) is 20.5. The standard InChI is InChI=1S/C55H33N5O2/c1-5-15-34(16-6-1)35-27-29-39(30-28-35)53-57-52(38-21-11-4-12-22-38)58-54(59-53)42-24-14-25-45-47(42)43-33-40(31-32-44(43)61-45)41-23-13-26-46-48(41)49-50(36-17-7-2-8-18-36)56-51(60-55(49)62-46)37-19-9-3-10-20-37/h1-33H. The molecule has 0 spiro atoms. The van der Waals surface area contributed by atoms with Gasteiger partial charge in [-0.15, -0.1) is 0 Å². The van der Waals surface area contributed by atoms with E-state index in [1.165, 1.54) is 0 Å². The molecule has 0 unspecified atom stereocenters. The third-order valence-electron chi connectivity index (χ3n) is 11.4. The molecule has 0 saturated heterocycles. The summed E-state index contributed by atoms with van der Waals surface area (Å²) >= 11 is 0. The van der Waals surface area contributed by atoms with Crippen molar-refractivity contribution >= 4 is 44.0 Å².